The maximum absolute atomic E-state index is 14.4. The molecule has 38 heavy (non-hydrogen) atoms. The van der Waals surface area contributed by atoms with E-state index in [4.69, 9.17) is 0 Å². The van der Waals surface area contributed by atoms with Crippen LogP contribution < -0.4 is 10.6 Å². The Labute approximate surface area is 216 Å². The Bertz CT molecular complexity index is 1250. The summed E-state index contributed by atoms with van der Waals surface area (Å²) >= 11 is 0. The molecule has 0 aliphatic carbocycles. The minimum Gasteiger partial charge on any atom is -0.365 e. The van der Waals surface area contributed by atoms with Crippen molar-refractivity contribution in [1.82, 2.24) is 19.8 Å². The molecule has 0 spiro atoms. The van der Waals surface area contributed by atoms with Gasteiger partial charge in [-0.1, -0.05) is 6.07 Å². The molecule has 0 unspecified atom stereocenters. The van der Waals surface area contributed by atoms with Crippen molar-refractivity contribution in [2.45, 2.75) is 25.2 Å². The highest BCUT2D eigenvalue weighted by Gasteiger charge is 2.59. The standard InChI is InChI=1S/C26H27F5N6O/c1-36-11-13-37(14-12-36)17-19-15-20(4-5-22(19)25(27,28)26(29,30)31)35-24(38)21-3-2-8-33-23(21)34-16-18-6-9-32-10-7-18/h2-10,15H,11-14,16-17H2,1H3,(H,33,34)(H,35,38). The van der Waals surface area contributed by atoms with Crippen LogP contribution in [0, 0.1) is 0 Å². The highest BCUT2D eigenvalue weighted by molar-refractivity contribution is 6.07. The highest BCUT2D eigenvalue weighted by Crippen LogP contribution is 2.45. The predicted molar refractivity (Wildman–Crippen MR) is 133 cm³/mol. The molecule has 202 valence electrons. The van der Waals surface area contributed by atoms with E-state index in [-0.39, 0.29) is 23.4 Å². The van der Waals surface area contributed by atoms with Gasteiger partial charge in [-0.2, -0.15) is 22.0 Å². The van der Waals surface area contributed by atoms with Crippen LogP contribution in [0.25, 0.3) is 0 Å². The van der Waals surface area contributed by atoms with E-state index in [1.807, 2.05) is 16.8 Å². The van der Waals surface area contributed by atoms with Crippen LogP contribution in [0.1, 0.15) is 27.0 Å². The molecule has 0 radical (unpaired) electrons. The molecule has 12 heteroatoms. The fourth-order valence-electron chi connectivity index (χ4n) is 4.12. The lowest BCUT2D eigenvalue weighted by molar-refractivity contribution is -0.289. The van der Waals surface area contributed by atoms with Gasteiger partial charge in [0, 0.05) is 69.1 Å². The summed E-state index contributed by atoms with van der Waals surface area (Å²) in [5, 5.41) is 5.69. The molecule has 1 fully saturated rings. The molecule has 1 saturated heterocycles. The first-order valence-corrected chi connectivity index (χ1v) is 11.9. The number of halogens is 5. The Morgan fingerprint density at radius 3 is 2.37 bits per heavy atom. The van der Waals surface area contributed by atoms with E-state index in [1.54, 1.807) is 30.6 Å². The number of anilines is 2. The van der Waals surface area contributed by atoms with Gasteiger partial charge in [0.1, 0.15) is 5.82 Å². The molecule has 0 saturated carbocycles. The lowest BCUT2D eigenvalue weighted by Gasteiger charge is -2.33. The van der Waals surface area contributed by atoms with Crippen molar-refractivity contribution in [2.24, 2.45) is 0 Å². The fourth-order valence-corrected chi connectivity index (χ4v) is 4.12. The van der Waals surface area contributed by atoms with Gasteiger partial charge in [-0.05, 0) is 54.6 Å². The van der Waals surface area contributed by atoms with Crippen LogP contribution in [0.3, 0.4) is 0 Å². The second-order valence-electron chi connectivity index (χ2n) is 9.09. The number of carbonyl (C=O) groups excluding carboxylic acids is 1. The topological polar surface area (TPSA) is 73.4 Å². The Hall–Kier alpha value is -3.64. The van der Waals surface area contributed by atoms with E-state index in [0.717, 1.165) is 17.7 Å². The predicted octanol–water partition coefficient (Wildman–Crippen LogP) is 4.74. The molecule has 4 rings (SSSR count). The average Bonchev–Trinajstić information content (AvgIpc) is 2.89. The summed E-state index contributed by atoms with van der Waals surface area (Å²) in [4.78, 5) is 25.1. The second-order valence-corrected chi connectivity index (χ2v) is 9.09. The van der Waals surface area contributed by atoms with Crippen LogP contribution >= 0.6 is 0 Å². The smallest absolute Gasteiger partial charge is 0.365 e. The van der Waals surface area contributed by atoms with E-state index in [1.165, 1.54) is 18.3 Å². The quantitative estimate of drug-likeness (QED) is 0.407. The summed E-state index contributed by atoms with van der Waals surface area (Å²) in [6, 6.07) is 9.69. The Balaban J connectivity index is 1.57. The molecule has 1 amide bonds. The van der Waals surface area contributed by atoms with Crippen molar-refractivity contribution in [3.8, 4) is 0 Å². The third-order valence-electron chi connectivity index (χ3n) is 6.31. The van der Waals surface area contributed by atoms with Gasteiger partial charge in [-0.25, -0.2) is 4.98 Å². The zero-order chi connectivity index (χ0) is 27.3. The van der Waals surface area contributed by atoms with Gasteiger partial charge >= 0.3 is 12.1 Å². The monoisotopic (exact) mass is 534 g/mol. The van der Waals surface area contributed by atoms with Crippen molar-refractivity contribution in [1.29, 1.82) is 0 Å². The molecule has 0 atom stereocenters. The lowest BCUT2D eigenvalue weighted by atomic mass is 9.99. The van der Waals surface area contributed by atoms with Gasteiger partial charge in [0.25, 0.3) is 5.91 Å². The number of amides is 1. The van der Waals surface area contributed by atoms with Crippen LogP contribution in [-0.4, -0.2) is 65.1 Å². The first kappa shape index (κ1) is 27.4. The van der Waals surface area contributed by atoms with Crippen LogP contribution in [0.4, 0.5) is 33.5 Å². The van der Waals surface area contributed by atoms with Crippen molar-refractivity contribution >= 4 is 17.4 Å². The molecule has 3 heterocycles. The number of alkyl halides is 5. The lowest BCUT2D eigenvalue weighted by Crippen LogP contribution is -2.44. The molecule has 2 aromatic heterocycles. The summed E-state index contributed by atoms with van der Waals surface area (Å²) in [7, 11) is 1.91. The first-order chi connectivity index (χ1) is 18.0. The molecule has 1 aliphatic heterocycles. The van der Waals surface area contributed by atoms with Gasteiger partial charge in [0.15, 0.2) is 0 Å². The van der Waals surface area contributed by atoms with Crippen LogP contribution in [0.2, 0.25) is 0 Å². The van der Waals surface area contributed by atoms with Crippen LogP contribution in [0.5, 0.6) is 0 Å². The van der Waals surface area contributed by atoms with Crippen molar-refractivity contribution in [2.75, 3.05) is 43.9 Å². The van der Waals surface area contributed by atoms with E-state index in [9.17, 15) is 26.7 Å². The SMILES string of the molecule is CN1CCN(Cc2cc(NC(=O)c3cccnc3NCc3ccncc3)ccc2C(F)(F)C(F)(F)F)CC1. The highest BCUT2D eigenvalue weighted by atomic mass is 19.4. The van der Waals surface area contributed by atoms with E-state index >= 15 is 0 Å². The van der Waals surface area contributed by atoms with Gasteiger partial charge in [0.2, 0.25) is 0 Å². The summed E-state index contributed by atoms with van der Waals surface area (Å²) in [6.07, 6.45) is -0.975. The largest absolute Gasteiger partial charge is 0.458 e. The van der Waals surface area contributed by atoms with Gasteiger partial charge in [-0.15, -0.1) is 0 Å². The van der Waals surface area contributed by atoms with Gasteiger partial charge in [0.05, 0.1) is 5.56 Å². The van der Waals surface area contributed by atoms with Gasteiger partial charge < -0.3 is 15.5 Å². The number of likely N-dealkylation sites (N-methyl/N-ethyl adjacent to an activating group) is 1. The minimum absolute atomic E-state index is 0.102. The second kappa shape index (κ2) is 11.4. The molecule has 3 aromatic rings. The van der Waals surface area contributed by atoms with Crippen LogP contribution in [0.15, 0.2) is 61.1 Å². The zero-order valence-electron chi connectivity index (χ0n) is 20.6. The average molecular weight is 535 g/mol. The first-order valence-electron chi connectivity index (χ1n) is 11.9. The minimum atomic E-state index is -5.75. The molecule has 1 aliphatic rings. The number of aromatic nitrogens is 2. The van der Waals surface area contributed by atoms with E-state index < -0.39 is 23.6 Å². The number of hydrogen-bond donors (Lipinski definition) is 2. The van der Waals surface area contributed by atoms with E-state index in [0.29, 0.717) is 38.5 Å². The third kappa shape index (κ3) is 6.43. The molecule has 0 bridgehead atoms. The van der Waals surface area contributed by atoms with Crippen molar-refractivity contribution < 1.29 is 26.7 Å². The Morgan fingerprint density at radius 1 is 0.974 bits per heavy atom. The van der Waals surface area contributed by atoms with Crippen molar-refractivity contribution in [3.63, 3.8) is 0 Å². The molecule has 7 nitrogen and oxygen atoms in total. The van der Waals surface area contributed by atoms with Crippen LogP contribution in [-0.2, 0) is 19.0 Å². The molecular weight excluding hydrogens is 507 g/mol. The maximum atomic E-state index is 14.4. The molecule has 1 aromatic carbocycles. The fraction of sp³-hybridized carbons (Fsp3) is 0.346. The number of hydrogen-bond acceptors (Lipinski definition) is 6. The number of carbonyl (C=O) groups is 1. The number of piperazine rings is 1. The summed E-state index contributed by atoms with van der Waals surface area (Å²) in [5.41, 5.74) is -0.122. The Kier molecular flexibility index (Phi) is 8.22. The maximum Gasteiger partial charge on any atom is 0.458 e. The normalized spacial score (nSPS) is 15.3. The zero-order valence-corrected chi connectivity index (χ0v) is 20.6. The number of nitrogens with zero attached hydrogens (tertiary/aromatic N) is 4. The summed E-state index contributed by atoms with van der Waals surface area (Å²) in [6.45, 7) is 2.63. The van der Waals surface area contributed by atoms with Gasteiger partial charge in [-0.3, -0.25) is 14.7 Å². The number of pyridine rings is 2. The number of rotatable bonds is 8. The molecule has 2 N–H and O–H groups in total. The molecular formula is C26H27F5N6O. The third-order valence-corrected chi connectivity index (χ3v) is 6.31. The van der Waals surface area contributed by atoms with Crippen molar-refractivity contribution in [3.05, 3.63) is 83.3 Å². The Morgan fingerprint density at radius 2 is 1.68 bits per heavy atom. The summed E-state index contributed by atoms with van der Waals surface area (Å²) < 4.78 is 68.6. The van der Waals surface area contributed by atoms with E-state index in [2.05, 4.69) is 20.6 Å². The summed E-state index contributed by atoms with van der Waals surface area (Å²) in [5.74, 6) is -5.33. The number of benzene rings is 1. The number of nitrogens with one attached hydrogen (secondary N) is 2.